The molecule has 108 heavy (non-hydrogen) atoms. The number of para-hydroxylation sites is 1. The molecule has 10 fully saturated rings. The largest absolute Gasteiger partial charge is 0.500 e. The Hall–Kier alpha value is -7.20. The Morgan fingerprint density at radius 2 is 0.657 bits per heavy atom. The van der Waals surface area contributed by atoms with Crippen molar-refractivity contribution in [2.75, 3.05) is 170 Å². The highest BCUT2D eigenvalue weighted by Gasteiger charge is 2.38. The highest BCUT2D eigenvalue weighted by molar-refractivity contribution is 6.60. The molecule has 0 radical (unpaired) electrons. The minimum absolute atomic E-state index is 0.0870. The normalized spacial score (nSPS) is 23.0. The molecule has 0 spiro atoms. The summed E-state index contributed by atoms with van der Waals surface area (Å²) >= 11 is 0. The lowest BCUT2D eigenvalue weighted by molar-refractivity contribution is 0.100. The van der Waals surface area contributed by atoms with Crippen molar-refractivity contribution in [3.05, 3.63) is 196 Å². The van der Waals surface area contributed by atoms with Crippen LogP contribution < -0.4 is 33.5 Å². The molecule has 0 N–H and O–H groups in total. The molecule has 0 aromatic heterocycles. The third-order valence-electron chi connectivity index (χ3n) is 20.0. The van der Waals surface area contributed by atoms with Gasteiger partial charge in [0.1, 0.15) is 98.4 Å². The van der Waals surface area contributed by atoms with Crippen LogP contribution in [0.5, 0.6) is 28.7 Å². The summed E-state index contributed by atoms with van der Waals surface area (Å²) in [5.41, 5.74) is 14.6. The summed E-state index contributed by atoms with van der Waals surface area (Å²) in [7, 11) is 2.48. The molecular formula is C86H110N2O19Si. The van der Waals surface area contributed by atoms with E-state index in [0.29, 0.717) is 82.9 Å². The Morgan fingerprint density at radius 1 is 0.361 bits per heavy atom. The van der Waals surface area contributed by atoms with Gasteiger partial charge in [-0.05, 0) is 181 Å². The molecule has 10 aliphatic heterocycles. The average Bonchev–Trinajstić information content (AvgIpc) is 1.73. The topological polar surface area (TPSA) is 215 Å². The van der Waals surface area contributed by atoms with E-state index in [9.17, 15) is 0 Å². The lowest BCUT2D eigenvalue weighted by Crippen LogP contribution is -2.42. The minimum atomic E-state index is -2.39. The van der Waals surface area contributed by atoms with Crippen LogP contribution in [0, 0.1) is 27.7 Å². The standard InChI is InChI=1S/C25H30N2O4.C22H26O4.C21H24O4.C9H20O5Si.C9H10O2/c1-5-20(26(10-22-14-28-22)11-23-15-29-23)6-2-18(1)9-19-3-7-21(8-4-19)27(12-24-16-30-24)13-25-17-31-25;1-13-5-17(6-14(2)21(13)25-11-19-9-23-19)18-7-15(3)22(16(4)8-18)26-12-20-10-24-20;1-21(2,15-3-7-17(8-4-15)22-11-19-13-24-19)16-5-9-18(10-6-16)23-12-20-14-25-20;1-10-15(11-2,12-3)6-4-5-13-7-9-8-14-9;1-2-4-8(5-3-1)10-6-9-7-11-9/h1-8,22-25H,9-17H2;5-8,19-20H,9-12H2,1-4H3;3-10,19-20H,11-14H2,1-2H3;9H,4-8H2,1-3H3;1-5,9H,6-7H2. The molecule has 10 saturated heterocycles. The summed E-state index contributed by atoms with van der Waals surface area (Å²) in [6, 6.07) is 54.0. The number of nitrogens with zero attached hydrogens (tertiary/aromatic N) is 2. The smallest absolute Gasteiger partial charge is 0.491 e. The van der Waals surface area contributed by atoms with Gasteiger partial charge in [0.15, 0.2) is 0 Å². The fourth-order valence-electron chi connectivity index (χ4n) is 12.5. The van der Waals surface area contributed by atoms with E-state index in [2.05, 4.69) is 148 Å². The molecule has 0 saturated carbocycles. The maximum atomic E-state index is 5.95. The van der Waals surface area contributed by atoms with Gasteiger partial charge < -0.3 is 98.9 Å². The Labute approximate surface area is 638 Å². The number of hydrogen-bond acceptors (Lipinski definition) is 21. The van der Waals surface area contributed by atoms with Crippen molar-refractivity contribution < 1.29 is 89.1 Å². The third-order valence-corrected chi connectivity index (χ3v) is 22.9. The first-order valence-corrected chi connectivity index (χ1v) is 40.2. The molecule has 0 amide bonds. The first kappa shape index (κ1) is 78.9. The molecule has 7 aromatic carbocycles. The van der Waals surface area contributed by atoms with Gasteiger partial charge in [-0.3, -0.25) is 0 Å². The number of aryl methyl sites for hydroxylation is 4. The Kier molecular flexibility index (Phi) is 27.9. The zero-order valence-electron chi connectivity index (χ0n) is 64.3. The van der Waals surface area contributed by atoms with Crippen LogP contribution in [0.4, 0.5) is 11.4 Å². The van der Waals surface area contributed by atoms with Crippen LogP contribution >= 0.6 is 0 Å². The molecule has 17 rings (SSSR count). The summed E-state index contributed by atoms with van der Waals surface area (Å²) in [6.07, 6.45) is 5.14. The van der Waals surface area contributed by atoms with Gasteiger partial charge in [-0.15, -0.1) is 0 Å². The van der Waals surface area contributed by atoms with E-state index in [1.54, 1.807) is 21.3 Å². The van der Waals surface area contributed by atoms with Gasteiger partial charge in [-0.2, -0.15) is 0 Å². The average molecular weight is 1500 g/mol. The number of epoxide rings is 10. The maximum Gasteiger partial charge on any atom is 0.500 e. The van der Waals surface area contributed by atoms with E-state index in [1.165, 1.54) is 44.8 Å². The molecule has 21 nitrogen and oxygen atoms in total. The van der Waals surface area contributed by atoms with Crippen LogP contribution in [0.1, 0.15) is 64.8 Å². The van der Waals surface area contributed by atoms with Crippen molar-refractivity contribution in [3.63, 3.8) is 0 Å². The van der Waals surface area contributed by atoms with Gasteiger partial charge in [0.2, 0.25) is 0 Å². The van der Waals surface area contributed by atoms with E-state index < -0.39 is 8.80 Å². The fraction of sp³-hybridized carbons (Fsp3) is 0.512. The van der Waals surface area contributed by atoms with Gasteiger partial charge in [0.05, 0.1) is 97.1 Å². The maximum absolute atomic E-state index is 5.95. The SMILES string of the molecule is CC(C)(c1ccc(OCC2CO2)cc1)c1ccc(OCC2CO2)cc1.CO[Si](CCCOCC1CO1)(OC)OC.Cc1cc(-c2cc(C)c(OCC3CO3)c(C)c2)cc(C)c1OCC1CO1.c1cc(N(CC2CO2)CC2CO2)ccc1Cc1ccc(N(CC2CO2)CC2CO2)cc1.c1ccc(OCC2CO2)cc1. The molecule has 10 heterocycles. The third kappa shape index (κ3) is 26.2. The van der Waals surface area contributed by atoms with Crippen molar-refractivity contribution in [2.45, 2.75) is 127 Å². The molecule has 10 aliphatic rings. The molecule has 22 heteroatoms. The van der Waals surface area contributed by atoms with Crippen LogP contribution in [0.3, 0.4) is 0 Å². The van der Waals surface area contributed by atoms with Crippen LogP contribution in [0.2, 0.25) is 6.04 Å². The van der Waals surface area contributed by atoms with Crippen molar-refractivity contribution in [3.8, 4) is 39.9 Å². The van der Waals surface area contributed by atoms with Crippen LogP contribution in [-0.2, 0) is 77.2 Å². The summed E-state index contributed by atoms with van der Waals surface area (Å²) < 4.78 is 103. The summed E-state index contributed by atoms with van der Waals surface area (Å²) in [6.45, 7) is 29.8. The quantitative estimate of drug-likeness (QED) is 0.0199. The first-order chi connectivity index (χ1) is 52.6. The number of ether oxygens (including phenoxy) is 16. The van der Waals surface area contributed by atoms with Gasteiger partial charge in [-0.1, -0.05) is 80.6 Å². The first-order valence-electron chi connectivity index (χ1n) is 38.3. The predicted molar refractivity (Wildman–Crippen MR) is 414 cm³/mol. The summed E-state index contributed by atoms with van der Waals surface area (Å²) in [5, 5.41) is 0. The molecule has 7 aromatic rings. The van der Waals surface area contributed by atoms with Crippen LogP contribution in [-0.4, -0.2) is 230 Å². The van der Waals surface area contributed by atoms with Gasteiger partial charge in [-0.25, -0.2) is 0 Å². The summed E-state index contributed by atoms with van der Waals surface area (Å²) in [5.74, 6) is 4.65. The Bertz CT molecular complexity index is 3580. The molecule has 0 bridgehead atoms. The molecule has 10 atom stereocenters. The second-order valence-corrected chi connectivity index (χ2v) is 32.9. The lowest BCUT2D eigenvalue weighted by Gasteiger charge is -2.26. The Balaban J connectivity index is 0.000000124. The van der Waals surface area contributed by atoms with E-state index in [0.717, 1.165) is 162 Å². The molecule has 582 valence electrons. The second-order valence-electron chi connectivity index (χ2n) is 29.8. The van der Waals surface area contributed by atoms with Gasteiger partial charge in [0.25, 0.3) is 0 Å². The van der Waals surface area contributed by atoms with E-state index in [1.807, 2.05) is 54.6 Å². The monoisotopic (exact) mass is 1500 g/mol. The van der Waals surface area contributed by atoms with Crippen molar-refractivity contribution in [1.82, 2.24) is 0 Å². The van der Waals surface area contributed by atoms with Gasteiger partial charge >= 0.3 is 8.80 Å². The number of rotatable bonds is 39. The number of hydrogen-bond donors (Lipinski definition) is 0. The van der Waals surface area contributed by atoms with Crippen molar-refractivity contribution in [1.29, 1.82) is 0 Å². The molecular weight excluding hydrogens is 1390 g/mol. The van der Waals surface area contributed by atoms with E-state index in [-0.39, 0.29) is 29.8 Å². The second kappa shape index (κ2) is 38.1. The van der Waals surface area contributed by atoms with Crippen LogP contribution in [0.25, 0.3) is 11.1 Å². The van der Waals surface area contributed by atoms with E-state index in [4.69, 9.17) is 89.1 Å². The zero-order chi connectivity index (χ0) is 74.8. The minimum Gasteiger partial charge on any atom is -0.491 e. The highest BCUT2D eigenvalue weighted by atomic mass is 28.4. The highest BCUT2D eigenvalue weighted by Crippen LogP contribution is 2.37. The van der Waals surface area contributed by atoms with E-state index >= 15 is 0 Å². The van der Waals surface area contributed by atoms with Crippen LogP contribution in [0.15, 0.2) is 152 Å². The fourth-order valence-corrected chi connectivity index (χ4v) is 14.2. The van der Waals surface area contributed by atoms with Crippen molar-refractivity contribution in [2.24, 2.45) is 0 Å². The number of benzene rings is 7. The zero-order valence-corrected chi connectivity index (χ0v) is 65.3. The number of anilines is 2. The summed E-state index contributed by atoms with van der Waals surface area (Å²) in [4.78, 5) is 4.80. The Morgan fingerprint density at radius 3 is 0.963 bits per heavy atom. The lowest BCUT2D eigenvalue weighted by atomic mass is 9.78. The molecule has 0 aliphatic carbocycles. The van der Waals surface area contributed by atoms with Gasteiger partial charge in [0, 0.05) is 76.9 Å². The predicted octanol–water partition coefficient (Wildman–Crippen LogP) is 12.3. The van der Waals surface area contributed by atoms with Crippen molar-refractivity contribution >= 4 is 20.2 Å². The molecule has 10 unspecified atom stereocenters.